The van der Waals surface area contributed by atoms with Crippen molar-refractivity contribution >= 4 is 16.9 Å². The Morgan fingerprint density at radius 1 is 1.25 bits per heavy atom. The molecule has 3 N–H and O–H groups in total. The quantitative estimate of drug-likeness (QED) is 0.789. The lowest BCUT2D eigenvalue weighted by molar-refractivity contribution is 0.190. The lowest BCUT2D eigenvalue weighted by Gasteiger charge is -2.27. The van der Waals surface area contributed by atoms with Crippen LogP contribution in [0.5, 0.6) is 0 Å². The number of urea groups is 1. The van der Waals surface area contributed by atoms with Crippen molar-refractivity contribution in [2.45, 2.75) is 6.42 Å². The van der Waals surface area contributed by atoms with Crippen molar-refractivity contribution < 1.29 is 4.79 Å². The van der Waals surface area contributed by atoms with Crippen LogP contribution < -0.4 is 10.6 Å². The zero-order valence-corrected chi connectivity index (χ0v) is 11.5. The van der Waals surface area contributed by atoms with Crippen molar-refractivity contribution in [3.8, 4) is 0 Å². The van der Waals surface area contributed by atoms with Gasteiger partial charge in [0, 0.05) is 49.8 Å². The van der Waals surface area contributed by atoms with Crippen molar-refractivity contribution in [3.05, 3.63) is 36.0 Å². The summed E-state index contributed by atoms with van der Waals surface area (Å²) >= 11 is 0. The van der Waals surface area contributed by atoms with Gasteiger partial charge in [0.25, 0.3) is 0 Å². The van der Waals surface area contributed by atoms with E-state index >= 15 is 0 Å². The van der Waals surface area contributed by atoms with Crippen LogP contribution in [0.4, 0.5) is 4.79 Å². The first-order chi connectivity index (χ1) is 9.84. The van der Waals surface area contributed by atoms with Gasteiger partial charge < -0.3 is 20.5 Å². The molecular weight excluding hydrogens is 252 g/mol. The highest BCUT2D eigenvalue weighted by Gasteiger charge is 2.15. The van der Waals surface area contributed by atoms with Crippen molar-refractivity contribution in [2.24, 2.45) is 0 Å². The number of rotatable bonds is 3. The Hall–Kier alpha value is -2.01. The minimum Gasteiger partial charge on any atom is -0.361 e. The van der Waals surface area contributed by atoms with Gasteiger partial charge in [0.2, 0.25) is 0 Å². The second kappa shape index (κ2) is 5.96. The Labute approximate surface area is 118 Å². The first-order valence-electron chi connectivity index (χ1n) is 7.13. The third-order valence-electron chi connectivity index (χ3n) is 3.75. The van der Waals surface area contributed by atoms with E-state index in [-0.39, 0.29) is 6.03 Å². The van der Waals surface area contributed by atoms with Gasteiger partial charge >= 0.3 is 6.03 Å². The first kappa shape index (κ1) is 13.0. The summed E-state index contributed by atoms with van der Waals surface area (Å²) in [5.74, 6) is 0. The van der Waals surface area contributed by atoms with Gasteiger partial charge in [-0.25, -0.2) is 4.79 Å². The first-order valence-corrected chi connectivity index (χ1v) is 7.13. The van der Waals surface area contributed by atoms with Crippen LogP contribution in [0, 0.1) is 0 Å². The lowest BCUT2D eigenvalue weighted by Crippen LogP contribution is -2.50. The summed E-state index contributed by atoms with van der Waals surface area (Å²) in [5, 5.41) is 7.48. The molecule has 3 rings (SSSR count). The average molecular weight is 272 g/mol. The van der Waals surface area contributed by atoms with Gasteiger partial charge in [0.15, 0.2) is 0 Å². The van der Waals surface area contributed by atoms with E-state index in [0.717, 1.165) is 38.1 Å². The van der Waals surface area contributed by atoms with Gasteiger partial charge in [-0.15, -0.1) is 0 Å². The average Bonchev–Trinajstić information content (AvgIpc) is 2.92. The number of H-pyrrole nitrogens is 1. The molecule has 0 unspecified atom stereocenters. The predicted octanol–water partition coefficient (Wildman–Crippen LogP) is 1.33. The van der Waals surface area contributed by atoms with Gasteiger partial charge in [0.05, 0.1) is 0 Å². The molecule has 1 aliphatic rings. The zero-order chi connectivity index (χ0) is 13.8. The summed E-state index contributed by atoms with van der Waals surface area (Å²) in [6, 6.07) is 8.29. The van der Waals surface area contributed by atoms with Crippen molar-refractivity contribution in [3.63, 3.8) is 0 Å². The monoisotopic (exact) mass is 272 g/mol. The number of nitrogens with zero attached hydrogens (tertiary/aromatic N) is 1. The number of aromatic nitrogens is 1. The molecule has 5 heteroatoms. The normalized spacial score (nSPS) is 15.5. The Balaban J connectivity index is 1.53. The summed E-state index contributed by atoms with van der Waals surface area (Å²) < 4.78 is 0. The maximum atomic E-state index is 12.0. The molecule has 1 saturated heterocycles. The van der Waals surface area contributed by atoms with Crippen LogP contribution in [0.2, 0.25) is 0 Å². The molecule has 0 saturated carbocycles. The summed E-state index contributed by atoms with van der Waals surface area (Å²) in [5.41, 5.74) is 2.40. The number of nitrogens with one attached hydrogen (secondary N) is 3. The van der Waals surface area contributed by atoms with Gasteiger partial charge in [0.1, 0.15) is 0 Å². The fourth-order valence-electron chi connectivity index (χ4n) is 2.62. The van der Waals surface area contributed by atoms with Crippen LogP contribution in [-0.2, 0) is 6.42 Å². The Bertz CT molecular complexity index is 586. The van der Waals surface area contributed by atoms with E-state index in [2.05, 4.69) is 27.8 Å². The zero-order valence-electron chi connectivity index (χ0n) is 11.5. The fraction of sp³-hybridized carbons (Fsp3) is 0.400. The summed E-state index contributed by atoms with van der Waals surface area (Å²) in [6.45, 7) is 4.02. The smallest absolute Gasteiger partial charge is 0.317 e. The third-order valence-corrected chi connectivity index (χ3v) is 3.75. The maximum Gasteiger partial charge on any atom is 0.317 e. The van der Waals surface area contributed by atoms with E-state index in [1.807, 2.05) is 23.2 Å². The van der Waals surface area contributed by atoms with Gasteiger partial charge in [-0.1, -0.05) is 18.2 Å². The van der Waals surface area contributed by atoms with Gasteiger partial charge in [-0.2, -0.15) is 0 Å². The number of aromatic amines is 1. The summed E-state index contributed by atoms with van der Waals surface area (Å²) in [4.78, 5) is 17.1. The van der Waals surface area contributed by atoms with Gasteiger partial charge in [-0.3, -0.25) is 0 Å². The summed E-state index contributed by atoms with van der Waals surface area (Å²) in [7, 11) is 0. The minimum absolute atomic E-state index is 0.0475. The van der Waals surface area contributed by atoms with E-state index in [1.54, 1.807) is 0 Å². The van der Waals surface area contributed by atoms with Crippen LogP contribution in [-0.4, -0.2) is 48.6 Å². The van der Waals surface area contributed by atoms with Crippen LogP contribution in [0.1, 0.15) is 5.56 Å². The fourth-order valence-corrected chi connectivity index (χ4v) is 2.62. The highest BCUT2D eigenvalue weighted by Crippen LogP contribution is 2.17. The van der Waals surface area contributed by atoms with E-state index < -0.39 is 0 Å². The molecule has 0 spiro atoms. The molecule has 0 aliphatic carbocycles. The van der Waals surface area contributed by atoms with E-state index in [1.165, 1.54) is 10.9 Å². The maximum absolute atomic E-state index is 12.0. The number of amides is 2. The second-order valence-corrected chi connectivity index (χ2v) is 5.08. The molecule has 1 aromatic heterocycles. The predicted molar refractivity (Wildman–Crippen MR) is 79.8 cm³/mol. The number of hydrogen-bond donors (Lipinski definition) is 3. The number of fused-ring (bicyclic) bond motifs is 1. The SMILES string of the molecule is O=C(NCCc1c[nH]c2ccccc12)N1CCNCC1. The second-order valence-electron chi connectivity index (χ2n) is 5.08. The van der Waals surface area contributed by atoms with Crippen molar-refractivity contribution in [1.82, 2.24) is 20.5 Å². The molecule has 2 amide bonds. The number of piperazine rings is 1. The molecule has 0 bridgehead atoms. The van der Waals surface area contributed by atoms with Crippen LogP contribution in [0.15, 0.2) is 30.5 Å². The third kappa shape index (κ3) is 2.77. The van der Waals surface area contributed by atoms with E-state index in [4.69, 9.17) is 0 Å². The lowest BCUT2D eigenvalue weighted by atomic mass is 10.1. The van der Waals surface area contributed by atoms with Crippen molar-refractivity contribution in [2.75, 3.05) is 32.7 Å². The molecule has 5 nitrogen and oxygen atoms in total. The standard InChI is InChI=1S/C15H20N4O/c20-15(19-9-7-16-8-10-19)17-6-5-12-11-18-14-4-2-1-3-13(12)14/h1-4,11,16,18H,5-10H2,(H,17,20). The molecule has 1 aliphatic heterocycles. The number of carbonyl (C=O) groups is 1. The Morgan fingerprint density at radius 2 is 2.05 bits per heavy atom. The Kier molecular flexibility index (Phi) is 3.87. The molecule has 0 radical (unpaired) electrons. The highest BCUT2D eigenvalue weighted by atomic mass is 16.2. The van der Waals surface area contributed by atoms with E-state index in [0.29, 0.717) is 6.54 Å². The topological polar surface area (TPSA) is 60.2 Å². The molecule has 106 valence electrons. The Morgan fingerprint density at radius 3 is 2.90 bits per heavy atom. The molecule has 1 fully saturated rings. The van der Waals surface area contributed by atoms with E-state index in [9.17, 15) is 4.79 Å². The molecule has 20 heavy (non-hydrogen) atoms. The number of hydrogen-bond acceptors (Lipinski definition) is 2. The minimum atomic E-state index is 0.0475. The molecule has 2 aromatic rings. The van der Waals surface area contributed by atoms with Crippen LogP contribution in [0.3, 0.4) is 0 Å². The molecule has 0 atom stereocenters. The van der Waals surface area contributed by atoms with Crippen LogP contribution in [0.25, 0.3) is 10.9 Å². The molecule has 2 heterocycles. The molecule has 1 aromatic carbocycles. The number of benzene rings is 1. The van der Waals surface area contributed by atoms with Gasteiger partial charge in [-0.05, 0) is 18.1 Å². The number of para-hydroxylation sites is 1. The largest absolute Gasteiger partial charge is 0.361 e. The molecular formula is C15H20N4O. The van der Waals surface area contributed by atoms with Crippen molar-refractivity contribution in [1.29, 1.82) is 0 Å². The highest BCUT2D eigenvalue weighted by molar-refractivity contribution is 5.83. The van der Waals surface area contributed by atoms with Crippen LogP contribution >= 0.6 is 0 Å². The summed E-state index contributed by atoms with van der Waals surface area (Å²) in [6.07, 6.45) is 2.88. The number of carbonyl (C=O) groups excluding carboxylic acids is 1.